The van der Waals surface area contributed by atoms with Gasteiger partial charge in [0.15, 0.2) is 0 Å². The van der Waals surface area contributed by atoms with Crippen molar-refractivity contribution in [3.8, 4) is 29.4 Å². The van der Waals surface area contributed by atoms with E-state index in [-0.39, 0.29) is 24.4 Å². The number of aromatic nitrogens is 2. The Morgan fingerprint density at radius 2 is 2.15 bits per heavy atom. The Balaban J connectivity index is 2.68. The van der Waals surface area contributed by atoms with Gasteiger partial charge in [-0.15, -0.1) is 12.3 Å². The van der Waals surface area contributed by atoms with Gasteiger partial charge in [0.1, 0.15) is 5.56 Å². The Hall–Kier alpha value is -2.74. The third-order valence-corrected chi connectivity index (χ3v) is 2.96. The van der Waals surface area contributed by atoms with Crippen LogP contribution in [-0.4, -0.2) is 14.7 Å². The molecule has 0 fully saturated rings. The van der Waals surface area contributed by atoms with Crippen molar-refractivity contribution in [3.05, 3.63) is 50.7 Å². The fraction of sp³-hybridized carbons (Fsp3) is 0.200. The molecule has 1 heterocycles. The summed E-state index contributed by atoms with van der Waals surface area (Å²) >= 11 is 0. The molecular formula is C15H14N2O3. The summed E-state index contributed by atoms with van der Waals surface area (Å²) in [5, 5.41) is 10.2. The predicted octanol–water partition coefficient (Wildman–Crippen LogP) is 1.24. The van der Waals surface area contributed by atoms with E-state index in [2.05, 4.69) is 10.9 Å². The van der Waals surface area contributed by atoms with Crippen LogP contribution < -0.4 is 11.2 Å². The molecule has 0 bridgehead atoms. The van der Waals surface area contributed by atoms with Crippen LogP contribution in [0.25, 0.3) is 11.1 Å². The van der Waals surface area contributed by atoms with Gasteiger partial charge in [-0.1, -0.05) is 29.8 Å². The van der Waals surface area contributed by atoms with Crippen molar-refractivity contribution >= 4 is 0 Å². The summed E-state index contributed by atoms with van der Waals surface area (Å²) in [6.07, 6.45) is 5.44. The summed E-state index contributed by atoms with van der Waals surface area (Å²) in [4.78, 5) is 25.8. The largest absolute Gasteiger partial charge is 0.494 e. The lowest BCUT2D eigenvalue weighted by atomic mass is 10.1. The molecule has 0 aliphatic carbocycles. The van der Waals surface area contributed by atoms with Crippen molar-refractivity contribution in [2.75, 3.05) is 0 Å². The van der Waals surface area contributed by atoms with Gasteiger partial charge in [0, 0.05) is 13.0 Å². The van der Waals surface area contributed by atoms with Crippen LogP contribution in [-0.2, 0) is 6.54 Å². The molecule has 1 aromatic carbocycles. The number of aromatic amines is 1. The number of nitrogens with one attached hydrogen (secondary N) is 1. The third kappa shape index (κ3) is 2.50. The van der Waals surface area contributed by atoms with E-state index in [1.54, 1.807) is 18.2 Å². The quantitative estimate of drug-likeness (QED) is 0.824. The summed E-state index contributed by atoms with van der Waals surface area (Å²) < 4.78 is 1.07. The minimum Gasteiger partial charge on any atom is -0.494 e. The van der Waals surface area contributed by atoms with Gasteiger partial charge in [0.25, 0.3) is 5.56 Å². The van der Waals surface area contributed by atoms with Crippen LogP contribution in [0.15, 0.2) is 33.9 Å². The van der Waals surface area contributed by atoms with Crippen molar-refractivity contribution in [2.24, 2.45) is 0 Å². The zero-order chi connectivity index (χ0) is 14.7. The van der Waals surface area contributed by atoms with E-state index in [0.717, 1.165) is 10.1 Å². The molecule has 0 aliphatic rings. The highest BCUT2D eigenvalue weighted by molar-refractivity contribution is 5.67. The second kappa shape index (κ2) is 5.49. The Bertz CT molecular complexity index is 794. The number of terminal acetylenes is 1. The molecule has 5 nitrogen and oxygen atoms in total. The number of nitrogens with zero attached hydrogens (tertiary/aromatic N) is 1. The van der Waals surface area contributed by atoms with Crippen LogP contribution in [0.3, 0.4) is 0 Å². The Morgan fingerprint density at radius 1 is 1.40 bits per heavy atom. The highest BCUT2D eigenvalue weighted by Gasteiger charge is 2.15. The molecule has 1 aromatic heterocycles. The smallest absolute Gasteiger partial charge is 0.331 e. The number of H-pyrrole nitrogens is 1. The molecule has 0 spiro atoms. The fourth-order valence-corrected chi connectivity index (χ4v) is 2.00. The lowest BCUT2D eigenvalue weighted by Crippen LogP contribution is -2.31. The van der Waals surface area contributed by atoms with Crippen LogP contribution in [0, 0.1) is 19.3 Å². The first-order chi connectivity index (χ1) is 9.54. The van der Waals surface area contributed by atoms with E-state index in [9.17, 15) is 14.7 Å². The highest BCUT2D eigenvalue weighted by Crippen LogP contribution is 2.24. The molecule has 102 valence electrons. The summed E-state index contributed by atoms with van der Waals surface area (Å²) in [5.74, 6) is 2.03. The van der Waals surface area contributed by atoms with Crippen LogP contribution in [0.2, 0.25) is 0 Å². The minimum atomic E-state index is -0.667. The van der Waals surface area contributed by atoms with E-state index in [1.165, 1.54) is 0 Å². The van der Waals surface area contributed by atoms with Gasteiger partial charge >= 0.3 is 5.69 Å². The molecule has 0 aliphatic heterocycles. The lowest BCUT2D eigenvalue weighted by molar-refractivity contribution is 0.404. The van der Waals surface area contributed by atoms with E-state index < -0.39 is 11.2 Å². The minimum absolute atomic E-state index is 0.0744. The summed E-state index contributed by atoms with van der Waals surface area (Å²) in [6.45, 7) is 2.03. The average Bonchev–Trinajstić information content (AvgIpc) is 2.38. The monoisotopic (exact) mass is 270 g/mol. The van der Waals surface area contributed by atoms with Crippen molar-refractivity contribution in [1.82, 2.24) is 9.55 Å². The predicted molar refractivity (Wildman–Crippen MR) is 76.6 cm³/mol. The summed E-state index contributed by atoms with van der Waals surface area (Å²) in [5.41, 5.74) is 0.292. The number of benzene rings is 1. The molecule has 5 heteroatoms. The molecular weight excluding hydrogens is 256 g/mol. The maximum absolute atomic E-state index is 11.9. The maximum atomic E-state index is 11.9. The van der Waals surface area contributed by atoms with E-state index >= 15 is 0 Å². The SMILES string of the molecule is C#CCCn1c(O)c(-c2cccc(C)c2)c(=O)[nH]c1=O. The zero-order valence-electron chi connectivity index (χ0n) is 11.0. The molecule has 0 radical (unpaired) electrons. The van der Waals surface area contributed by atoms with E-state index in [1.807, 2.05) is 13.0 Å². The van der Waals surface area contributed by atoms with E-state index in [4.69, 9.17) is 6.42 Å². The van der Waals surface area contributed by atoms with Crippen LogP contribution in [0.1, 0.15) is 12.0 Å². The number of hydrogen-bond donors (Lipinski definition) is 2. The van der Waals surface area contributed by atoms with Crippen molar-refractivity contribution in [2.45, 2.75) is 19.9 Å². The first kappa shape index (κ1) is 13.7. The standard InChI is InChI=1S/C15H14N2O3/c1-3-4-8-17-14(19)12(13(18)16-15(17)20)11-7-5-6-10(2)9-11/h1,5-7,9,19H,4,8H2,2H3,(H,16,18,20). The van der Waals surface area contributed by atoms with Crippen LogP contribution in [0.4, 0.5) is 0 Å². The molecule has 0 unspecified atom stereocenters. The second-order valence-electron chi connectivity index (χ2n) is 4.43. The normalized spacial score (nSPS) is 10.2. The lowest BCUT2D eigenvalue weighted by Gasteiger charge is -2.10. The average molecular weight is 270 g/mol. The molecule has 0 atom stereocenters. The Labute approximate surface area is 115 Å². The van der Waals surface area contributed by atoms with Gasteiger partial charge in [-0.3, -0.25) is 14.3 Å². The molecule has 0 saturated carbocycles. The van der Waals surface area contributed by atoms with Crippen molar-refractivity contribution in [3.63, 3.8) is 0 Å². The van der Waals surface area contributed by atoms with Gasteiger partial charge in [-0.05, 0) is 12.5 Å². The topological polar surface area (TPSA) is 75.1 Å². The first-order valence-corrected chi connectivity index (χ1v) is 6.11. The molecule has 2 N–H and O–H groups in total. The highest BCUT2D eigenvalue weighted by atomic mass is 16.3. The number of hydrogen-bond acceptors (Lipinski definition) is 3. The number of rotatable bonds is 3. The van der Waals surface area contributed by atoms with Crippen molar-refractivity contribution < 1.29 is 5.11 Å². The zero-order valence-corrected chi connectivity index (χ0v) is 11.0. The van der Waals surface area contributed by atoms with Crippen LogP contribution >= 0.6 is 0 Å². The van der Waals surface area contributed by atoms with Crippen molar-refractivity contribution in [1.29, 1.82) is 0 Å². The molecule has 2 rings (SSSR count). The maximum Gasteiger partial charge on any atom is 0.331 e. The number of aromatic hydroxyl groups is 1. The van der Waals surface area contributed by atoms with Gasteiger partial charge in [-0.25, -0.2) is 4.79 Å². The molecule has 2 aromatic rings. The van der Waals surface area contributed by atoms with Gasteiger partial charge in [0.05, 0.1) is 0 Å². The van der Waals surface area contributed by atoms with Gasteiger partial charge in [0.2, 0.25) is 5.88 Å². The van der Waals surface area contributed by atoms with E-state index in [0.29, 0.717) is 5.56 Å². The summed E-state index contributed by atoms with van der Waals surface area (Å²) in [6, 6.07) is 7.12. The summed E-state index contributed by atoms with van der Waals surface area (Å²) in [7, 11) is 0. The number of aryl methyl sites for hydroxylation is 1. The first-order valence-electron chi connectivity index (χ1n) is 6.11. The Morgan fingerprint density at radius 3 is 2.80 bits per heavy atom. The fourth-order valence-electron chi connectivity index (χ4n) is 2.00. The molecule has 0 saturated heterocycles. The third-order valence-electron chi connectivity index (χ3n) is 2.96. The molecule has 0 amide bonds. The van der Waals surface area contributed by atoms with Gasteiger partial charge in [-0.2, -0.15) is 0 Å². The second-order valence-corrected chi connectivity index (χ2v) is 4.43. The Kier molecular flexibility index (Phi) is 3.76. The van der Waals surface area contributed by atoms with Crippen LogP contribution in [0.5, 0.6) is 5.88 Å². The van der Waals surface area contributed by atoms with Gasteiger partial charge < -0.3 is 5.11 Å². The molecule has 20 heavy (non-hydrogen) atoms.